The lowest BCUT2D eigenvalue weighted by atomic mass is 10.2. The molecule has 0 aliphatic carbocycles. The highest BCUT2D eigenvalue weighted by Gasteiger charge is 2.13. The van der Waals surface area contributed by atoms with Crippen molar-refractivity contribution in [3.05, 3.63) is 64.6 Å². The Morgan fingerprint density at radius 2 is 2.00 bits per heavy atom. The number of ether oxygens (including phenoxy) is 1. The monoisotopic (exact) mass is 418 g/mol. The fourth-order valence-corrected chi connectivity index (χ4v) is 3.10. The zero-order valence-corrected chi connectivity index (χ0v) is 17.1. The number of carbonyl (C=O) groups excluding carboxylic acids is 1. The molecule has 2 aromatic carbocycles. The van der Waals surface area contributed by atoms with Gasteiger partial charge in [-0.25, -0.2) is 4.98 Å². The van der Waals surface area contributed by atoms with Crippen LogP contribution in [0.15, 0.2) is 53.1 Å². The number of anilines is 1. The number of benzene rings is 2. The Kier molecular flexibility index (Phi) is 6.60. The quantitative estimate of drug-likeness (QED) is 0.510. The van der Waals surface area contributed by atoms with Crippen molar-refractivity contribution >= 4 is 34.8 Å². The van der Waals surface area contributed by atoms with Crippen LogP contribution in [0.25, 0.3) is 11.3 Å². The van der Waals surface area contributed by atoms with E-state index in [1.54, 1.807) is 30.5 Å². The van der Waals surface area contributed by atoms with Crippen LogP contribution in [0.4, 0.5) is 5.69 Å². The Morgan fingerprint density at radius 3 is 2.75 bits per heavy atom. The average Bonchev–Trinajstić information content (AvgIpc) is 3.10. The van der Waals surface area contributed by atoms with E-state index in [1.165, 1.54) is 0 Å². The number of rotatable bonds is 7. The molecule has 3 rings (SSSR count). The molecule has 0 atom stereocenters. The molecule has 28 heavy (non-hydrogen) atoms. The van der Waals surface area contributed by atoms with Crippen LogP contribution >= 0.6 is 23.2 Å². The van der Waals surface area contributed by atoms with Crippen LogP contribution < -0.4 is 10.1 Å². The third kappa shape index (κ3) is 5.27. The smallest absolute Gasteiger partial charge is 0.224 e. The van der Waals surface area contributed by atoms with Gasteiger partial charge in [0.15, 0.2) is 11.7 Å². The SMILES string of the molecule is CC(C)Oc1ccccc1NC(=O)CCc1ncc(-c2ccc(Cl)cc2Cl)o1. The second kappa shape index (κ2) is 9.13. The summed E-state index contributed by atoms with van der Waals surface area (Å²) < 4.78 is 11.4. The molecule has 5 nitrogen and oxygen atoms in total. The summed E-state index contributed by atoms with van der Waals surface area (Å²) in [6.07, 6.45) is 2.20. The molecule has 0 spiro atoms. The number of halogens is 2. The van der Waals surface area contributed by atoms with Crippen molar-refractivity contribution in [2.24, 2.45) is 0 Å². The number of para-hydroxylation sites is 2. The minimum Gasteiger partial charge on any atom is -0.489 e. The highest BCUT2D eigenvalue weighted by molar-refractivity contribution is 6.36. The van der Waals surface area contributed by atoms with Gasteiger partial charge in [0.1, 0.15) is 5.75 Å². The molecule has 0 bridgehead atoms. The van der Waals surface area contributed by atoms with Crippen LogP contribution in [0.1, 0.15) is 26.2 Å². The van der Waals surface area contributed by atoms with E-state index >= 15 is 0 Å². The van der Waals surface area contributed by atoms with Crippen LogP contribution in [0.5, 0.6) is 5.75 Å². The van der Waals surface area contributed by atoms with E-state index < -0.39 is 0 Å². The highest BCUT2D eigenvalue weighted by atomic mass is 35.5. The second-order valence-corrected chi connectivity index (χ2v) is 7.30. The zero-order valence-electron chi connectivity index (χ0n) is 15.5. The molecule has 0 saturated carbocycles. The Hall–Kier alpha value is -2.50. The highest BCUT2D eigenvalue weighted by Crippen LogP contribution is 2.31. The van der Waals surface area contributed by atoms with E-state index in [4.69, 9.17) is 32.4 Å². The molecule has 3 aromatic rings. The molecule has 0 fully saturated rings. The molecular formula is C21H20Cl2N2O3. The number of carbonyl (C=O) groups is 1. The standard InChI is InChI=1S/C21H20Cl2N2O3/c1-13(2)27-18-6-4-3-5-17(18)25-20(26)9-10-21-24-12-19(28-21)15-8-7-14(22)11-16(15)23/h3-8,11-13H,9-10H2,1-2H3,(H,25,26). The first-order valence-corrected chi connectivity index (χ1v) is 9.63. The third-order valence-electron chi connectivity index (χ3n) is 3.84. The number of oxazole rings is 1. The van der Waals surface area contributed by atoms with E-state index in [0.717, 1.165) is 0 Å². The molecule has 0 radical (unpaired) electrons. The van der Waals surface area contributed by atoms with Gasteiger partial charge in [0.05, 0.1) is 23.0 Å². The van der Waals surface area contributed by atoms with E-state index in [9.17, 15) is 4.79 Å². The number of nitrogens with zero attached hydrogens (tertiary/aromatic N) is 1. The number of aromatic nitrogens is 1. The van der Waals surface area contributed by atoms with Gasteiger partial charge in [0.25, 0.3) is 0 Å². The van der Waals surface area contributed by atoms with Crippen molar-refractivity contribution in [1.29, 1.82) is 0 Å². The first-order valence-electron chi connectivity index (χ1n) is 8.88. The van der Waals surface area contributed by atoms with E-state index in [-0.39, 0.29) is 18.4 Å². The summed E-state index contributed by atoms with van der Waals surface area (Å²) in [6, 6.07) is 12.5. The average molecular weight is 419 g/mol. The number of amides is 1. The molecule has 0 unspecified atom stereocenters. The summed E-state index contributed by atoms with van der Waals surface area (Å²) in [6.45, 7) is 3.87. The summed E-state index contributed by atoms with van der Waals surface area (Å²) >= 11 is 12.1. The molecular weight excluding hydrogens is 399 g/mol. The largest absolute Gasteiger partial charge is 0.489 e. The number of hydrogen-bond acceptors (Lipinski definition) is 4. The van der Waals surface area contributed by atoms with Crippen molar-refractivity contribution in [3.63, 3.8) is 0 Å². The molecule has 0 aliphatic heterocycles. The Morgan fingerprint density at radius 1 is 1.21 bits per heavy atom. The first-order chi connectivity index (χ1) is 13.4. The van der Waals surface area contributed by atoms with E-state index in [2.05, 4.69) is 10.3 Å². The van der Waals surface area contributed by atoms with Crippen molar-refractivity contribution in [3.8, 4) is 17.1 Å². The predicted molar refractivity (Wildman–Crippen MR) is 111 cm³/mol. The van der Waals surface area contributed by atoms with Gasteiger partial charge in [0.2, 0.25) is 5.91 Å². The normalized spacial score (nSPS) is 10.9. The molecule has 1 aromatic heterocycles. The molecule has 1 heterocycles. The van der Waals surface area contributed by atoms with Crippen LogP contribution in [0.2, 0.25) is 10.0 Å². The van der Waals surface area contributed by atoms with Crippen LogP contribution in [0, 0.1) is 0 Å². The Bertz CT molecular complexity index is 970. The van der Waals surface area contributed by atoms with Crippen molar-refractivity contribution in [2.75, 3.05) is 5.32 Å². The van der Waals surface area contributed by atoms with Crippen LogP contribution in [-0.2, 0) is 11.2 Å². The second-order valence-electron chi connectivity index (χ2n) is 6.45. The van der Waals surface area contributed by atoms with Gasteiger partial charge in [-0.2, -0.15) is 0 Å². The van der Waals surface area contributed by atoms with Gasteiger partial charge in [-0.3, -0.25) is 4.79 Å². The zero-order chi connectivity index (χ0) is 20.1. The molecule has 0 aliphatic rings. The van der Waals surface area contributed by atoms with Gasteiger partial charge in [-0.1, -0.05) is 35.3 Å². The van der Waals surface area contributed by atoms with Gasteiger partial charge < -0.3 is 14.5 Å². The molecule has 0 saturated heterocycles. The fraction of sp³-hybridized carbons (Fsp3) is 0.238. The Balaban J connectivity index is 1.61. The lowest BCUT2D eigenvalue weighted by Crippen LogP contribution is -2.14. The number of aryl methyl sites for hydroxylation is 1. The van der Waals surface area contributed by atoms with Crippen molar-refractivity contribution in [1.82, 2.24) is 4.98 Å². The molecule has 146 valence electrons. The van der Waals surface area contributed by atoms with Gasteiger partial charge in [-0.05, 0) is 44.2 Å². The Labute approximate surface area is 173 Å². The minimum atomic E-state index is -0.149. The lowest BCUT2D eigenvalue weighted by Gasteiger charge is -2.14. The molecule has 1 N–H and O–H groups in total. The summed E-state index contributed by atoms with van der Waals surface area (Å²) in [5.74, 6) is 1.49. The van der Waals surface area contributed by atoms with Crippen LogP contribution in [-0.4, -0.2) is 17.0 Å². The molecule has 7 heteroatoms. The minimum absolute atomic E-state index is 0.0171. The summed E-state index contributed by atoms with van der Waals surface area (Å²) in [7, 11) is 0. The number of nitrogens with one attached hydrogen (secondary N) is 1. The third-order valence-corrected chi connectivity index (χ3v) is 4.39. The van der Waals surface area contributed by atoms with E-state index in [1.807, 2.05) is 32.0 Å². The lowest BCUT2D eigenvalue weighted by molar-refractivity contribution is -0.116. The maximum absolute atomic E-state index is 12.3. The summed E-state index contributed by atoms with van der Waals surface area (Å²) in [5, 5.41) is 3.90. The van der Waals surface area contributed by atoms with Gasteiger partial charge in [0, 0.05) is 23.4 Å². The maximum atomic E-state index is 12.3. The predicted octanol–water partition coefficient (Wildman–Crippen LogP) is 6.01. The van der Waals surface area contributed by atoms with Gasteiger partial charge >= 0.3 is 0 Å². The topological polar surface area (TPSA) is 64.4 Å². The summed E-state index contributed by atoms with van der Waals surface area (Å²) in [5.41, 5.74) is 1.34. The fourth-order valence-electron chi connectivity index (χ4n) is 2.60. The number of hydrogen-bond donors (Lipinski definition) is 1. The first kappa shape index (κ1) is 20.2. The molecule has 1 amide bonds. The summed E-state index contributed by atoms with van der Waals surface area (Å²) in [4.78, 5) is 16.5. The van der Waals surface area contributed by atoms with Crippen molar-refractivity contribution in [2.45, 2.75) is 32.8 Å². The van der Waals surface area contributed by atoms with E-state index in [0.29, 0.717) is 45.1 Å². The van der Waals surface area contributed by atoms with Crippen LogP contribution in [0.3, 0.4) is 0 Å². The van der Waals surface area contributed by atoms with Gasteiger partial charge in [-0.15, -0.1) is 0 Å². The van der Waals surface area contributed by atoms with Crippen molar-refractivity contribution < 1.29 is 13.9 Å². The maximum Gasteiger partial charge on any atom is 0.224 e.